The molecule has 2 fully saturated rings. The SMILES string of the molecule is Cn1ncnc1CC1(O)CCCCC1C1CCCCC1. The number of hydrogen-bond donors (Lipinski definition) is 1. The lowest BCUT2D eigenvalue weighted by molar-refractivity contribution is -0.0783. The number of nitrogens with zero attached hydrogens (tertiary/aromatic N) is 3. The van der Waals surface area contributed by atoms with Crippen molar-refractivity contribution in [3.8, 4) is 0 Å². The summed E-state index contributed by atoms with van der Waals surface area (Å²) in [7, 11) is 1.92. The summed E-state index contributed by atoms with van der Waals surface area (Å²) >= 11 is 0. The van der Waals surface area contributed by atoms with Crippen LogP contribution in [0.4, 0.5) is 0 Å². The van der Waals surface area contributed by atoms with Gasteiger partial charge in [0.1, 0.15) is 12.2 Å². The Morgan fingerprint density at radius 2 is 1.95 bits per heavy atom. The molecule has 0 saturated heterocycles. The van der Waals surface area contributed by atoms with Crippen LogP contribution < -0.4 is 0 Å². The van der Waals surface area contributed by atoms with Gasteiger partial charge in [0.15, 0.2) is 0 Å². The topological polar surface area (TPSA) is 50.9 Å². The Labute approximate surface area is 121 Å². The molecule has 4 nitrogen and oxygen atoms in total. The Hall–Kier alpha value is -0.900. The molecule has 0 aliphatic heterocycles. The molecule has 0 bridgehead atoms. The first-order chi connectivity index (χ1) is 9.69. The van der Waals surface area contributed by atoms with E-state index >= 15 is 0 Å². The van der Waals surface area contributed by atoms with Crippen molar-refractivity contribution in [1.29, 1.82) is 0 Å². The molecule has 4 heteroatoms. The molecular weight excluding hydrogens is 250 g/mol. The molecule has 1 heterocycles. The third kappa shape index (κ3) is 2.76. The van der Waals surface area contributed by atoms with E-state index in [0.717, 1.165) is 24.6 Å². The maximum absolute atomic E-state index is 11.3. The zero-order chi connectivity index (χ0) is 14.0. The van der Waals surface area contributed by atoms with E-state index < -0.39 is 5.60 Å². The van der Waals surface area contributed by atoms with Gasteiger partial charge in [-0.3, -0.25) is 4.68 Å². The van der Waals surface area contributed by atoms with Crippen molar-refractivity contribution in [2.45, 2.75) is 69.8 Å². The summed E-state index contributed by atoms with van der Waals surface area (Å²) in [4.78, 5) is 4.33. The lowest BCUT2D eigenvalue weighted by Crippen LogP contribution is -2.47. The zero-order valence-electron chi connectivity index (χ0n) is 12.6. The van der Waals surface area contributed by atoms with Gasteiger partial charge in [-0.2, -0.15) is 5.10 Å². The van der Waals surface area contributed by atoms with E-state index in [1.807, 2.05) is 11.7 Å². The molecule has 112 valence electrons. The van der Waals surface area contributed by atoms with Crippen molar-refractivity contribution in [3.63, 3.8) is 0 Å². The summed E-state index contributed by atoms with van der Waals surface area (Å²) in [6.07, 6.45) is 13.5. The van der Waals surface area contributed by atoms with Crippen molar-refractivity contribution >= 4 is 0 Å². The number of aryl methyl sites for hydroxylation is 1. The minimum Gasteiger partial charge on any atom is -0.389 e. The first-order valence-electron chi connectivity index (χ1n) is 8.24. The predicted molar refractivity (Wildman–Crippen MR) is 78.2 cm³/mol. The van der Waals surface area contributed by atoms with E-state index in [4.69, 9.17) is 0 Å². The molecule has 20 heavy (non-hydrogen) atoms. The highest BCUT2D eigenvalue weighted by molar-refractivity contribution is 5.01. The van der Waals surface area contributed by atoms with Gasteiger partial charge in [0.2, 0.25) is 0 Å². The standard InChI is InChI=1S/C16H27N3O/c1-19-15(17-12-18-19)11-16(20)10-6-5-9-14(16)13-7-3-2-4-8-13/h12-14,20H,2-11H2,1H3. The van der Waals surface area contributed by atoms with Gasteiger partial charge in [0.05, 0.1) is 5.60 Å². The van der Waals surface area contributed by atoms with Gasteiger partial charge >= 0.3 is 0 Å². The maximum atomic E-state index is 11.3. The number of hydrogen-bond acceptors (Lipinski definition) is 3. The van der Waals surface area contributed by atoms with Crippen LogP contribution in [0.2, 0.25) is 0 Å². The molecule has 2 aliphatic rings. The summed E-state index contributed by atoms with van der Waals surface area (Å²) in [6.45, 7) is 0. The second-order valence-corrected chi connectivity index (χ2v) is 6.83. The van der Waals surface area contributed by atoms with Gasteiger partial charge in [-0.1, -0.05) is 44.9 Å². The molecule has 2 saturated carbocycles. The van der Waals surface area contributed by atoms with Crippen molar-refractivity contribution < 1.29 is 5.11 Å². The molecule has 2 aliphatic carbocycles. The Bertz CT molecular complexity index is 439. The molecule has 0 aromatic carbocycles. The predicted octanol–water partition coefficient (Wildman–Crippen LogP) is 2.86. The van der Waals surface area contributed by atoms with E-state index in [1.165, 1.54) is 44.9 Å². The third-order valence-electron chi connectivity index (χ3n) is 5.55. The van der Waals surface area contributed by atoms with Crippen molar-refractivity contribution in [2.75, 3.05) is 0 Å². The number of rotatable bonds is 3. The Kier molecular flexibility index (Phi) is 4.11. The smallest absolute Gasteiger partial charge is 0.138 e. The quantitative estimate of drug-likeness (QED) is 0.924. The molecular formula is C16H27N3O. The molecule has 1 aromatic rings. The van der Waals surface area contributed by atoms with Crippen LogP contribution in [0.15, 0.2) is 6.33 Å². The highest BCUT2D eigenvalue weighted by Gasteiger charge is 2.43. The molecule has 3 rings (SSSR count). The fraction of sp³-hybridized carbons (Fsp3) is 0.875. The summed E-state index contributed by atoms with van der Waals surface area (Å²) in [5.74, 6) is 2.12. The third-order valence-corrected chi connectivity index (χ3v) is 5.55. The van der Waals surface area contributed by atoms with E-state index in [-0.39, 0.29) is 0 Å². The van der Waals surface area contributed by atoms with Crippen molar-refractivity contribution in [2.24, 2.45) is 18.9 Å². The van der Waals surface area contributed by atoms with Gasteiger partial charge < -0.3 is 5.11 Å². The van der Waals surface area contributed by atoms with Crippen LogP contribution >= 0.6 is 0 Å². The highest BCUT2D eigenvalue weighted by atomic mass is 16.3. The maximum Gasteiger partial charge on any atom is 0.138 e. The molecule has 0 amide bonds. The van der Waals surface area contributed by atoms with Crippen LogP contribution in [0, 0.1) is 11.8 Å². The van der Waals surface area contributed by atoms with E-state index in [0.29, 0.717) is 12.3 Å². The van der Waals surface area contributed by atoms with E-state index in [9.17, 15) is 5.11 Å². The van der Waals surface area contributed by atoms with Crippen LogP contribution in [0.5, 0.6) is 0 Å². The molecule has 2 atom stereocenters. The van der Waals surface area contributed by atoms with Gasteiger partial charge in [0, 0.05) is 13.5 Å². The van der Waals surface area contributed by atoms with E-state index in [2.05, 4.69) is 10.1 Å². The largest absolute Gasteiger partial charge is 0.389 e. The molecule has 0 radical (unpaired) electrons. The van der Waals surface area contributed by atoms with Crippen molar-refractivity contribution in [3.05, 3.63) is 12.2 Å². The molecule has 1 aromatic heterocycles. The zero-order valence-corrected chi connectivity index (χ0v) is 12.6. The molecule has 0 spiro atoms. The average Bonchev–Trinajstić information content (AvgIpc) is 2.85. The monoisotopic (exact) mass is 277 g/mol. The van der Waals surface area contributed by atoms with Crippen LogP contribution in [-0.2, 0) is 13.5 Å². The normalized spacial score (nSPS) is 32.4. The molecule has 1 N–H and O–H groups in total. The van der Waals surface area contributed by atoms with Gasteiger partial charge in [0.25, 0.3) is 0 Å². The first-order valence-corrected chi connectivity index (χ1v) is 8.24. The minimum atomic E-state index is -0.555. The number of aromatic nitrogens is 3. The van der Waals surface area contributed by atoms with Gasteiger partial charge in [-0.05, 0) is 24.7 Å². The lowest BCUT2D eigenvalue weighted by atomic mass is 9.64. The Morgan fingerprint density at radius 3 is 2.65 bits per heavy atom. The van der Waals surface area contributed by atoms with Gasteiger partial charge in [-0.15, -0.1) is 0 Å². The van der Waals surface area contributed by atoms with Crippen LogP contribution in [0.25, 0.3) is 0 Å². The highest BCUT2D eigenvalue weighted by Crippen LogP contribution is 2.45. The van der Waals surface area contributed by atoms with Crippen molar-refractivity contribution in [1.82, 2.24) is 14.8 Å². The lowest BCUT2D eigenvalue weighted by Gasteiger charge is -2.45. The van der Waals surface area contributed by atoms with Crippen LogP contribution in [0.1, 0.15) is 63.6 Å². The minimum absolute atomic E-state index is 0.466. The average molecular weight is 277 g/mol. The summed E-state index contributed by atoms with van der Waals surface area (Å²) in [5.41, 5.74) is -0.555. The van der Waals surface area contributed by atoms with Gasteiger partial charge in [-0.25, -0.2) is 4.98 Å². The molecule has 2 unspecified atom stereocenters. The second kappa shape index (κ2) is 5.84. The van der Waals surface area contributed by atoms with E-state index in [1.54, 1.807) is 6.33 Å². The second-order valence-electron chi connectivity index (χ2n) is 6.83. The number of aliphatic hydroxyl groups is 1. The summed E-state index contributed by atoms with van der Waals surface area (Å²) in [5, 5.41) is 15.4. The fourth-order valence-corrected chi connectivity index (χ4v) is 4.43. The summed E-state index contributed by atoms with van der Waals surface area (Å²) in [6, 6.07) is 0. The fourth-order valence-electron chi connectivity index (χ4n) is 4.43. The van der Waals surface area contributed by atoms with Crippen LogP contribution in [-0.4, -0.2) is 25.5 Å². The first kappa shape index (κ1) is 14.1. The Balaban J connectivity index is 1.77. The summed E-state index contributed by atoms with van der Waals surface area (Å²) < 4.78 is 1.81. The Morgan fingerprint density at radius 1 is 1.20 bits per heavy atom. The van der Waals surface area contributed by atoms with Crippen LogP contribution in [0.3, 0.4) is 0 Å².